The van der Waals surface area contributed by atoms with Crippen molar-refractivity contribution in [1.29, 1.82) is 0 Å². The molecule has 9 nitrogen and oxygen atoms in total. The average molecular weight is 604 g/mol. The third-order valence-electron chi connectivity index (χ3n) is 6.74. The molecule has 5 rings (SSSR count). The van der Waals surface area contributed by atoms with Crippen molar-refractivity contribution in [1.82, 2.24) is 20.8 Å². The summed E-state index contributed by atoms with van der Waals surface area (Å²) in [7, 11) is 0. The van der Waals surface area contributed by atoms with Gasteiger partial charge in [-0.3, -0.25) is 10.0 Å². The second-order valence-corrected chi connectivity index (χ2v) is 10.3. The average Bonchev–Trinajstić information content (AvgIpc) is 3.49. The Hall–Kier alpha value is -4.51. The number of anilines is 2. The summed E-state index contributed by atoms with van der Waals surface area (Å²) < 4.78 is 25.3. The largest absolute Gasteiger partial charge is 0.487 e. The number of nitrogens with zero attached hydrogens (tertiary/aromatic N) is 2. The number of benzene rings is 3. The van der Waals surface area contributed by atoms with Crippen molar-refractivity contribution >= 4 is 39.9 Å². The van der Waals surface area contributed by atoms with Crippen LogP contribution in [-0.4, -0.2) is 27.6 Å². The van der Waals surface area contributed by atoms with E-state index in [4.69, 9.17) is 26.0 Å². The van der Waals surface area contributed by atoms with E-state index in [0.29, 0.717) is 35.1 Å². The van der Waals surface area contributed by atoms with Gasteiger partial charge in [0.05, 0.1) is 17.1 Å². The molecule has 4 N–H and O–H groups in total. The molecule has 43 heavy (non-hydrogen) atoms. The van der Waals surface area contributed by atoms with Crippen LogP contribution in [0.3, 0.4) is 0 Å². The number of aromatic nitrogens is 2. The second-order valence-electron chi connectivity index (χ2n) is 9.93. The molecule has 2 aromatic heterocycles. The predicted octanol–water partition coefficient (Wildman–Crippen LogP) is 7.16. The number of amides is 1. The smallest absolute Gasteiger partial charge is 0.243 e. The number of furan rings is 1. The van der Waals surface area contributed by atoms with Crippen molar-refractivity contribution in [2.45, 2.75) is 38.8 Å². The van der Waals surface area contributed by atoms with E-state index in [1.807, 2.05) is 36.4 Å². The molecule has 222 valence electrons. The van der Waals surface area contributed by atoms with Crippen LogP contribution in [0.2, 0.25) is 5.02 Å². The van der Waals surface area contributed by atoms with Gasteiger partial charge in [-0.2, -0.15) is 0 Å². The molecule has 0 saturated heterocycles. The van der Waals surface area contributed by atoms with Crippen LogP contribution in [0.25, 0.3) is 22.2 Å². The summed E-state index contributed by atoms with van der Waals surface area (Å²) in [5.41, 5.74) is 4.73. The van der Waals surface area contributed by atoms with Crippen LogP contribution < -0.4 is 20.9 Å². The van der Waals surface area contributed by atoms with Crippen molar-refractivity contribution < 1.29 is 23.5 Å². The lowest BCUT2D eigenvalue weighted by molar-refractivity contribution is -0.129. The van der Waals surface area contributed by atoms with Gasteiger partial charge in [0.15, 0.2) is 0 Å². The second kappa shape index (κ2) is 14.6. The van der Waals surface area contributed by atoms with Gasteiger partial charge in [0.25, 0.3) is 0 Å². The van der Waals surface area contributed by atoms with Crippen molar-refractivity contribution in [2.75, 3.05) is 11.9 Å². The molecule has 0 spiro atoms. The van der Waals surface area contributed by atoms with Crippen LogP contribution in [0.5, 0.6) is 5.75 Å². The van der Waals surface area contributed by atoms with E-state index in [-0.39, 0.29) is 18.3 Å². The Balaban J connectivity index is 1.20. The van der Waals surface area contributed by atoms with E-state index in [1.54, 1.807) is 29.7 Å². The molecular formula is C32H31ClFN5O4. The van der Waals surface area contributed by atoms with Crippen LogP contribution in [0.1, 0.15) is 37.0 Å². The number of ether oxygens (including phenoxy) is 1. The highest BCUT2D eigenvalue weighted by Gasteiger charge is 2.11. The fourth-order valence-corrected chi connectivity index (χ4v) is 4.77. The summed E-state index contributed by atoms with van der Waals surface area (Å²) >= 11 is 6.49. The molecule has 3 aromatic carbocycles. The van der Waals surface area contributed by atoms with Gasteiger partial charge in [0.1, 0.15) is 41.8 Å². The molecule has 11 heteroatoms. The van der Waals surface area contributed by atoms with Crippen LogP contribution in [0, 0.1) is 5.82 Å². The molecule has 0 unspecified atom stereocenters. The van der Waals surface area contributed by atoms with Gasteiger partial charge in [-0.25, -0.2) is 19.8 Å². The number of carbonyl (C=O) groups is 1. The Morgan fingerprint density at radius 1 is 1.00 bits per heavy atom. The molecule has 0 aliphatic rings. The van der Waals surface area contributed by atoms with Gasteiger partial charge < -0.3 is 19.8 Å². The first-order valence-corrected chi connectivity index (χ1v) is 14.3. The number of unbranched alkanes of at least 4 members (excludes halogenated alkanes) is 2. The van der Waals surface area contributed by atoms with Gasteiger partial charge in [-0.15, -0.1) is 0 Å². The molecule has 0 aliphatic heterocycles. The first-order chi connectivity index (χ1) is 21.0. The highest BCUT2D eigenvalue weighted by atomic mass is 35.5. The number of hydrogen-bond donors (Lipinski definition) is 4. The van der Waals surface area contributed by atoms with Crippen LogP contribution in [-0.2, 0) is 17.9 Å². The van der Waals surface area contributed by atoms with Crippen LogP contribution in [0.15, 0.2) is 83.5 Å². The number of hydroxylamine groups is 1. The molecule has 5 aromatic rings. The normalized spacial score (nSPS) is 11.0. The molecule has 0 fully saturated rings. The van der Waals surface area contributed by atoms with Gasteiger partial charge >= 0.3 is 0 Å². The standard InChI is InChI=1S/C32H31ClFN5O4/c33-27-17-24(9-12-30(27)42-19-21-5-4-6-23(34)15-21)38-32-26-16-22(8-11-28(26)36-20-37-32)29-13-10-25(43-29)18-35-14-3-1-2-7-31(40)39-41/h4-6,8-13,15-17,20,35,41H,1-3,7,14,18-19H2,(H,39,40)(H,36,37,38). The van der Waals surface area contributed by atoms with Gasteiger partial charge in [0, 0.05) is 23.1 Å². The van der Waals surface area contributed by atoms with Crippen LogP contribution in [0.4, 0.5) is 15.9 Å². The number of fused-ring (bicyclic) bond motifs is 1. The molecule has 2 heterocycles. The van der Waals surface area contributed by atoms with Crippen molar-refractivity contribution in [3.63, 3.8) is 0 Å². The monoisotopic (exact) mass is 603 g/mol. The topological polar surface area (TPSA) is 122 Å². The Bertz CT molecular complexity index is 1700. The maximum atomic E-state index is 13.5. The minimum Gasteiger partial charge on any atom is -0.487 e. The lowest BCUT2D eigenvalue weighted by Gasteiger charge is -2.12. The summed E-state index contributed by atoms with van der Waals surface area (Å²) in [5.74, 6) is 1.97. The highest BCUT2D eigenvalue weighted by Crippen LogP contribution is 2.33. The van der Waals surface area contributed by atoms with Crippen molar-refractivity contribution in [2.24, 2.45) is 0 Å². The van der Waals surface area contributed by atoms with Gasteiger partial charge in [0.2, 0.25) is 5.91 Å². The van der Waals surface area contributed by atoms with E-state index < -0.39 is 0 Å². The minimum atomic E-state index is -0.358. The lowest BCUT2D eigenvalue weighted by Crippen LogP contribution is -2.18. The lowest BCUT2D eigenvalue weighted by atomic mass is 10.1. The van der Waals surface area contributed by atoms with Crippen LogP contribution >= 0.6 is 11.6 Å². The maximum absolute atomic E-state index is 13.5. The first-order valence-electron chi connectivity index (χ1n) is 13.9. The van der Waals surface area contributed by atoms with Gasteiger partial charge in [-0.05, 0) is 85.6 Å². The zero-order valence-corrected chi connectivity index (χ0v) is 24.0. The van der Waals surface area contributed by atoms with Gasteiger partial charge in [-0.1, -0.05) is 30.2 Å². The Kier molecular flexibility index (Phi) is 10.2. The van der Waals surface area contributed by atoms with E-state index in [1.165, 1.54) is 18.5 Å². The molecule has 1 amide bonds. The summed E-state index contributed by atoms with van der Waals surface area (Å²) in [6, 6.07) is 21.3. The Morgan fingerprint density at radius 2 is 1.91 bits per heavy atom. The minimum absolute atomic E-state index is 0.196. The van der Waals surface area contributed by atoms with E-state index >= 15 is 0 Å². The summed E-state index contributed by atoms with van der Waals surface area (Å²) in [6.07, 6.45) is 4.36. The van der Waals surface area contributed by atoms with E-state index in [2.05, 4.69) is 20.6 Å². The molecule has 0 saturated carbocycles. The number of halogens is 2. The predicted molar refractivity (Wildman–Crippen MR) is 163 cm³/mol. The zero-order chi connectivity index (χ0) is 30.0. The Labute approximate surface area is 253 Å². The quantitative estimate of drug-likeness (QED) is 0.0599. The fraction of sp³-hybridized carbons (Fsp3) is 0.219. The highest BCUT2D eigenvalue weighted by molar-refractivity contribution is 6.32. The molecular weight excluding hydrogens is 573 g/mol. The zero-order valence-electron chi connectivity index (χ0n) is 23.3. The number of carbonyl (C=O) groups excluding carboxylic acids is 1. The maximum Gasteiger partial charge on any atom is 0.243 e. The molecule has 0 aliphatic carbocycles. The SMILES string of the molecule is O=C(CCCCCNCc1ccc(-c2ccc3ncnc(Nc4ccc(OCc5cccc(F)c5)c(Cl)c4)c3c2)o1)NO. The first kappa shape index (κ1) is 30.0. The summed E-state index contributed by atoms with van der Waals surface area (Å²) in [6.45, 7) is 1.58. The Morgan fingerprint density at radius 3 is 2.74 bits per heavy atom. The van der Waals surface area contributed by atoms with E-state index in [9.17, 15) is 9.18 Å². The third kappa shape index (κ3) is 8.29. The molecule has 0 radical (unpaired) electrons. The molecule has 0 atom stereocenters. The number of nitrogens with one attached hydrogen (secondary N) is 3. The summed E-state index contributed by atoms with van der Waals surface area (Å²) in [5, 5.41) is 16.4. The van der Waals surface area contributed by atoms with Crippen molar-refractivity contribution in [3.05, 3.63) is 101 Å². The number of hydrogen-bond acceptors (Lipinski definition) is 8. The van der Waals surface area contributed by atoms with E-state index in [0.717, 1.165) is 59.5 Å². The molecule has 0 bridgehead atoms. The third-order valence-corrected chi connectivity index (χ3v) is 7.04. The number of rotatable bonds is 14. The van der Waals surface area contributed by atoms with Crippen molar-refractivity contribution in [3.8, 4) is 17.1 Å². The fourth-order valence-electron chi connectivity index (χ4n) is 4.54. The summed E-state index contributed by atoms with van der Waals surface area (Å²) in [4.78, 5) is 19.9.